The Morgan fingerprint density at radius 3 is 2.50 bits per heavy atom. The van der Waals surface area contributed by atoms with Crippen LogP contribution in [-0.2, 0) is 14.4 Å². The van der Waals surface area contributed by atoms with Crippen molar-refractivity contribution in [2.75, 3.05) is 0 Å². The van der Waals surface area contributed by atoms with Gasteiger partial charge in [0, 0.05) is 11.3 Å². The maximum Gasteiger partial charge on any atom is 0.304 e. The van der Waals surface area contributed by atoms with Crippen molar-refractivity contribution in [3.8, 4) is 0 Å². The monoisotopic (exact) mass is 197 g/mol. The van der Waals surface area contributed by atoms with E-state index in [2.05, 4.69) is 5.32 Å². The maximum atomic E-state index is 11.3. The summed E-state index contributed by atoms with van der Waals surface area (Å²) in [7, 11) is 0. The second-order valence-electron chi connectivity index (χ2n) is 3.23. The van der Waals surface area contributed by atoms with E-state index in [9.17, 15) is 14.4 Å². The van der Waals surface area contributed by atoms with Crippen molar-refractivity contribution in [3.63, 3.8) is 0 Å². The van der Waals surface area contributed by atoms with Gasteiger partial charge in [-0.25, -0.2) is 0 Å². The average Bonchev–Trinajstić information content (AvgIpc) is 2.25. The molecule has 0 aromatic rings. The molecule has 0 bridgehead atoms. The summed E-state index contributed by atoms with van der Waals surface area (Å²) in [5.41, 5.74) is 0.756. The maximum absolute atomic E-state index is 11.3. The highest BCUT2D eigenvalue weighted by molar-refractivity contribution is 6.05. The number of carbonyl (C=O) groups excluding carboxylic acids is 2. The molecule has 0 aromatic heterocycles. The Balaban J connectivity index is 2.97. The highest BCUT2D eigenvalue weighted by atomic mass is 16.4. The van der Waals surface area contributed by atoms with Crippen LogP contribution in [0.1, 0.15) is 20.3 Å². The fourth-order valence-corrected chi connectivity index (χ4v) is 1.61. The highest BCUT2D eigenvalue weighted by Gasteiger charge is 2.35. The van der Waals surface area contributed by atoms with Gasteiger partial charge in [-0.05, 0) is 13.8 Å². The standard InChI is InChI=1S/C9H11NO4/c1-4-8(5(2)11)6(3-7(12)13)9(14)10-4/h6H,3H2,1-2H3,(H,10,14)(H,12,13)/t6-/m1/s1. The first-order chi connectivity index (χ1) is 6.43. The molecule has 0 aromatic carbocycles. The fraction of sp³-hybridized carbons (Fsp3) is 0.444. The minimum absolute atomic E-state index is 0.257. The molecule has 1 aliphatic heterocycles. The van der Waals surface area contributed by atoms with Crippen molar-refractivity contribution >= 4 is 17.7 Å². The van der Waals surface area contributed by atoms with Crippen molar-refractivity contribution in [1.29, 1.82) is 0 Å². The smallest absolute Gasteiger partial charge is 0.304 e. The van der Waals surface area contributed by atoms with Gasteiger partial charge in [0.25, 0.3) is 0 Å². The Bertz CT molecular complexity index is 343. The second-order valence-corrected chi connectivity index (χ2v) is 3.23. The van der Waals surface area contributed by atoms with Crippen LogP contribution in [0.3, 0.4) is 0 Å². The van der Waals surface area contributed by atoms with Gasteiger partial charge < -0.3 is 10.4 Å². The Hall–Kier alpha value is -1.65. The molecule has 0 unspecified atom stereocenters. The molecule has 1 amide bonds. The summed E-state index contributed by atoms with van der Waals surface area (Å²) < 4.78 is 0. The molecule has 1 rings (SSSR count). The number of rotatable bonds is 3. The molecule has 2 N–H and O–H groups in total. The second kappa shape index (κ2) is 3.61. The largest absolute Gasteiger partial charge is 0.481 e. The van der Waals surface area contributed by atoms with Gasteiger partial charge in [0.05, 0.1) is 12.3 Å². The van der Waals surface area contributed by atoms with Gasteiger partial charge >= 0.3 is 5.97 Å². The Morgan fingerprint density at radius 1 is 1.50 bits per heavy atom. The van der Waals surface area contributed by atoms with Crippen LogP contribution in [0.4, 0.5) is 0 Å². The number of Topliss-reactive ketones (excluding diaryl/α,β-unsaturated/α-hetero) is 1. The van der Waals surface area contributed by atoms with Crippen LogP contribution in [0.25, 0.3) is 0 Å². The molecule has 1 atom stereocenters. The summed E-state index contributed by atoms with van der Waals surface area (Å²) in [5.74, 6) is -2.58. The molecule has 5 nitrogen and oxygen atoms in total. The first-order valence-electron chi connectivity index (χ1n) is 4.18. The van der Waals surface area contributed by atoms with E-state index in [1.165, 1.54) is 6.92 Å². The van der Waals surface area contributed by atoms with Crippen molar-refractivity contribution in [3.05, 3.63) is 11.3 Å². The number of carbonyl (C=O) groups is 3. The van der Waals surface area contributed by atoms with E-state index in [4.69, 9.17) is 5.11 Å². The Morgan fingerprint density at radius 2 is 2.07 bits per heavy atom. The first-order valence-corrected chi connectivity index (χ1v) is 4.18. The zero-order valence-corrected chi connectivity index (χ0v) is 7.96. The summed E-state index contributed by atoms with van der Waals surface area (Å²) in [6.07, 6.45) is -0.335. The van der Waals surface area contributed by atoms with Crippen molar-refractivity contribution in [2.45, 2.75) is 20.3 Å². The number of nitrogens with one attached hydrogen (secondary N) is 1. The molecule has 0 fully saturated rings. The van der Waals surface area contributed by atoms with Crippen LogP contribution >= 0.6 is 0 Å². The summed E-state index contributed by atoms with van der Waals surface area (Å²) in [6.45, 7) is 2.92. The van der Waals surface area contributed by atoms with E-state index >= 15 is 0 Å². The first kappa shape index (κ1) is 10.4. The van der Waals surface area contributed by atoms with Crippen LogP contribution in [-0.4, -0.2) is 22.8 Å². The van der Waals surface area contributed by atoms with E-state index in [0.717, 1.165) is 0 Å². The fourth-order valence-electron chi connectivity index (χ4n) is 1.61. The van der Waals surface area contributed by atoms with E-state index < -0.39 is 17.8 Å². The summed E-state index contributed by atoms with van der Waals surface area (Å²) in [5, 5.41) is 11.0. The molecule has 0 spiro atoms. The normalized spacial score (nSPS) is 21.0. The third-order valence-corrected chi connectivity index (χ3v) is 2.14. The van der Waals surface area contributed by atoms with E-state index in [1.807, 2.05) is 0 Å². The predicted octanol–water partition coefficient (Wildman–Crippen LogP) is 0.0701. The van der Waals surface area contributed by atoms with Crippen LogP contribution in [0.2, 0.25) is 0 Å². The molecule has 5 heteroatoms. The quantitative estimate of drug-likeness (QED) is 0.670. The SMILES string of the molecule is CC(=O)C1=C(C)NC(=O)[C@@H]1CC(=O)O. The number of allylic oxidation sites excluding steroid dienone is 1. The summed E-state index contributed by atoms with van der Waals surface area (Å²) in [4.78, 5) is 32.9. The Kier molecular flexibility index (Phi) is 2.69. The number of aliphatic carboxylic acids is 1. The van der Waals surface area contributed by atoms with Gasteiger partial charge in [-0.15, -0.1) is 0 Å². The van der Waals surface area contributed by atoms with Gasteiger partial charge in [-0.1, -0.05) is 0 Å². The van der Waals surface area contributed by atoms with Gasteiger partial charge in [-0.3, -0.25) is 14.4 Å². The van der Waals surface area contributed by atoms with Crippen LogP contribution < -0.4 is 5.32 Å². The van der Waals surface area contributed by atoms with Crippen LogP contribution in [0.5, 0.6) is 0 Å². The minimum atomic E-state index is -1.08. The predicted molar refractivity (Wildman–Crippen MR) is 47.3 cm³/mol. The minimum Gasteiger partial charge on any atom is -0.481 e. The third kappa shape index (κ3) is 1.81. The lowest BCUT2D eigenvalue weighted by Gasteiger charge is -2.06. The summed E-state index contributed by atoms with van der Waals surface area (Å²) >= 11 is 0. The zero-order chi connectivity index (χ0) is 10.9. The molecule has 76 valence electrons. The van der Waals surface area contributed by atoms with Crippen molar-refractivity contribution < 1.29 is 19.5 Å². The number of hydrogen-bond donors (Lipinski definition) is 2. The average molecular weight is 197 g/mol. The molecule has 0 saturated carbocycles. The van der Waals surface area contributed by atoms with Crippen LogP contribution in [0.15, 0.2) is 11.3 Å². The van der Waals surface area contributed by atoms with Crippen molar-refractivity contribution in [2.24, 2.45) is 5.92 Å². The molecule has 1 aliphatic rings. The van der Waals surface area contributed by atoms with E-state index in [1.54, 1.807) is 6.92 Å². The lowest BCUT2D eigenvalue weighted by molar-refractivity contribution is -0.140. The Labute approximate surface area is 80.8 Å². The van der Waals surface area contributed by atoms with Crippen LogP contribution in [0, 0.1) is 5.92 Å². The number of ketones is 1. The molecular weight excluding hydrogens is 186 g/mol. The van der Waals surface area contributed by atoms with Gasteiger partial charge in [-0.2, -0.15) is 0 Å². The van der Waals surface area contributed by atoms with Gasteiger partial charge in [0.1, 0.15) is 0 Å². The lowest BCUT2D eigenvalue weighted by Crippen LogP contribution is -2.24. The number of carboxylic acids is 1. The van der Waals surface area contributed by atoms with E-state index in [-0.39, 0.29) is 17.8 Å². The third-order valence-electron chi connectivity index (χ3n) is 2.14. The number of amides is 1. The molecule has 0 aliphatic carbocycles. The molecular formula is C9H11NO4. The van der Waals surface area contributed by atoms with Gasteiger partial charge in [0.15, 0.2) is 5.78 Å². The lowest BCUT2D eigenvalue weighted by atomic mass is 9.94. The van der Waals surface area contributed by atoms with Gasteiger partial charge in [0.2, 0.25) is 5.91 Å². The molecule has 0 radical (unpaired) electrons. The molecule has 1 heterocycles. The highest BCUT2D eigenvalue weighted by Crippen LogP contribution is 2.25. The van der Waals surface area contributed by atoms with Crippen molar-refractivity contribution in [1.82, 2.24) is 5.32 Å². The van der Waals surface area contributed by atoms with E-state index in [0.29, 0.717) is 5.70 Å². The number of hydrogen-bond acceptors (Lipinski definition) is 3. The number of carboxylic acid groups (broad SMARTS) is 1. The molecule has 14 heavy (non-hydrogen) atoms. The molecule has 0 saturated heterocycles. The zero-order valence-electron chi connectivity index (χ0n) is 7.96. The topological polar surface area (TPSA) is 83.5 Å². The summed E-state index contributed by atoms with van der Waals surface area (Å²) in [6, 6.07) is 0.